The predicted octanol–water partition coefficient (Wildman–Crippen LogP) is 3.04. The molecule has 0 N–H and O–H groups in total. The fourth-order valence-electron chi connectivity index (χ4n) is 2.97. The molecule has 1 fully saturated rings. The number of nitrogens with zero attached hydrogens (tertiary/aromatic N) is 3. The number of ether oxygens (including phenoxy) is 1. The molecule has 1 aliphatic rings. The van der Waals surface area contributed by atoms with Crippen LogP contribution in [0.3, 0.4) is 0 Å². The van der Waals surface area contributed by atoms with Gasteiger partial charge in [0.2, 0.25) is 5.91 Å². The Kier molecular flexibility index (Phi) is 5.13. The van der Waals surface area contributed by atoms with Crippen LogP contribution >= 0.6 is 0 Å². The molecule has 1 atom stereocenters. The molecule has 0 bridgehead atoms. The second-order valence-electron chi connectivity index (χ2n) is 6.22. The molecule has 0 saturated carbocycles. The van der Waals surface area contributed by atoms with Crippen molar-refractivity contribution in [2.45, 2.75) is 38.3 Å². The highest BCUT2D eigenvalue weighted by Gasteiger charge is 2.25. The fraction of sp³-hybridized carbons (Fsp3) is 0.444. The van der Waals surface area contributed by atoms with E-state index in [0.717, 1.165) is 12.8 Å². The zero-order chi connectivity index (χ0) is 16.9. The van der Waals surface area contributed by atoms with Crippen LogP contribution < -0.4 is 4.74 Å². The van der Waals surface area contributed by atoms with E-state index in [0.29, 0.717) is 25.3 Å². The number of aromatic nitrogens is 2. The summed E-state index contributed by atoms with van der Waals surface area (Å²) < 4.78 is 20.9. The summed E-state index contributed by atoms with van der Waals surface area (Å²) in [5.41, 5.74) is 0. The van der Waals surface area contributed by atoms with Gasteiger partial charge in [-0.05, 0) is 19.1 Å². The van der Waals surface area contributed by atoms with Crippen LogP contribution in [0.5, 0.6) is 5.75 Å². The Labute approximate surface area is 141 Å². The molecule has 3 rings (SSSR count). The van der Waals surface area contributed by atoms with E-state index in [2.05, 4.69) is 4.98 Å². The van der Waals surface area contributed by atoms with Gasteiger partial charge < -0.3 is 14.2 Å². The molecule has 1 amide bonds. The van der Waals surface area contributed by atoms with E-state index in [1.54, 1.807) is 24.7 Å². The number of hydrogen-bond donors (Lipinski definition) is 0. The van der Waals surface area contributed by atoms with Gasteiger partial charge in [-0.15, -0.1) is 0 Å². The second kappa shape index (κ2) is 7.47. The summed E-state index contributed by atoms with van der Waals surface area (Å²) in [5, 5.41) is 0. The predicted molar refractivity (Wildman–Crippen MR) is 88.2 cm³/mol. The van der Waals surface area contributed by atoms with Crippen molar-refractivity contribution >= 4 is 5.91 Å². The summed E-state index contributed by atoms with van der Waals surface area (Å²) in [7, 11) is 0. The average Bonchev–Trinajstić information content (AvgIpc) is 3.10. The lowest BCUT2D eigenvalue weighted by molar-refractivity contribution is -0.133. The third kappa shape index (κ3) is 4.13. The van der Waals surface area contributed by atoms with E-state index in [4.69, 9.17) is 4.74 Å². The normalized spacial score (nSPS) is 16.8. The number of benzene rings is 1. The van der Waals surface area contributed by atoms with Crippen molar-refractivity contribution in [2.75, 3.05) is 13.1 Å². The molecular formula is C18H22FN3O2. The molecule has 128 valence electrons. The number of carbonyl (C=O) groups excluding carboxylic acids is 1. The summed E-state index contributed by atoms with van der Waals surface area (Å²) in [5.74, 6) is 0.405. The van der Waals surface area contributed by atoms with Crippen molar-refractivity contribution in [2.24, 2.45) is 0 Å². The molecule has 1 saturated heterocycles. The number of carbonyl (C=O) groups is 1. The minimum atomic E-state index is -0.298. The van der Waals surface area contributed by atoms with E-state index in [1.165, 1.54) is 12.1 Å². The Morgan fingerprint density at radius 2 is 2.21 bits per heavy atom. The highest BCUT2D eigenvalue weighted by Crippen LogP contribution is 2.21. The number of hydrogen-bond acceptors (Lipinski definition) is 3. The number of piperidine rings is 1. The van der Waals surface area contributed by atoms with Crippen LogP contribution in [0.4, 0.5) is 4.39 Å². The topological polar surface area (TPSA) is 47.4 Å². The van der Waals surface area contributed by atoms with Gasteiger partial charge >= 0.3 is 0 Å². The Balaban J connectivity index is 1.47. The van der Waals surface area contributed by atoms with Crippen molar-refractivity contribution in [1.29, 1.82) is 0 Å². The molecule has 1 aliphatic heterocycles. The van der Waals surface area contributed by atoms with E-state index in [1.807, 2.05) is 22.6 Å². The number of likely N-dealkylation sites (tertiary alicyclic amines) is 1. The highest BCUT2D eigenvalue weighted by molar-refractivity contribution is 5.76. The van der Waals surface area contributed by atoms with Crippen LogP contribution in [0.2, 0.25) is 0 Å². The quantitative estimate of drug-likeness (QED) is 0.846. The Bertz CT molecular complexity index is 667. The van der Waals surface area contributed by atoms with Crippen LogP contribution in [0.1, 0.15) is 32.2 Å². The zero-order valence-corrected chi connectivity index (χ0v) is 13.8. The minimum absolute atomic E-state index is 0.0296. The third-order valence-corrected chi connectivity index (χ3v) is 4.40. The Morgan fingerprint density at radius 3 is 2.88 bits per heavy atom. The Hall–Kier alpha value is -2.37. The maximum Gasteiger partial charge on any atom is 0.224 e. The molecule has 1 aromatic carbocycles. The Morgan fingerprint density at radius 1 is 1.42 bits per heavy atom. The SMILES string of the molecule is C[C@@H](CC(=O)N1CCC(Oc2cccc(F)c2)CC1)n1ccnc1. The van der Waals surface area contributed by atoms with Crippen molar-refractivity contribution in [1.82, 2.24) is 14.5 Å². The van der Waals surface area contributed by atoms with Crippen LogP contribution in [-0.4, -0.2) is 39.6 Å². The molecule has 0 aliphatic carbocycles. The van der Waals surface area contributed by atoms with E-state index in [9.17, 15) is 9.18 Å². The first-order chi connectivity index (χ1) is 11.6. The monoisotopic (exact) mass is 331 g/mol. The first kappa shape index (κ1) is 16.5. The lowest BCUT2D eigenvalue weighted by Crippen LogP contribution is -2.42. The van der Waals surface area contributed by atoms with Crippen LogP contribution in [0.15, 0.2) is 43.0 Å². The van der Waals surface area contributed by atoms with E-state index in [-0.39, 0.29) is 23.9 Å². The first-order valence-corrected chi connectivity index (χ1v) is 8.29. The van der Waals surface area contributed by atoms with E-state index >= 15 is 0 Å². The summed E-state index contributed by atoms with van der Waals surface area (Å²) in [6, 6.07) is 6.29. The average molecular weight is 331 g/mol. The lowest BCUT2D eigenvalue weighted by atomic mass is 10.1. The second-order valence-corrected chi connectivity index (χ2v) is 6.22. The number of amides is 1. The van der Waals surface area contributed by atoms with Gasteiger partial charge in [-0.3, -0.25) is 4.79 Å². The van der Waals surface area contributed by atoms with Crippen LogP contribution in [-0.2, 0) is 4.79 Å². The highest BCUT2D eigenvalue weighted by atomic mass is 19.1. The fourth-order valence-corrected chi connectivity index (χ4v) is 2.97. The van der Waals surface area contributed by atoms with Gasteiger partial charge in [-0.25, -0.2) is 9.37 Å². The van der Waals surface area contributed by atoms with Gasteiger partial charge in [0, 0.05) is 56.9 Å². The molecular weight excluding hydrogens is 309 g/mol. The molecule has 1 aromatic heterocycles. The van der Waals surface area contributed by atoms with Crippen molar-refractivity contribution < 1.29 is 13.9 Å². The maximum atomic E-state index is 13.2. The molecule has 0 radical (unpaired) electrons. The molecule has 0 spiro atoms. The van der Waals surface area contributed by atoms with Crippen LogP contribution in [0.25, 0.3) is 0 Å². The molecule has 2 aromatic rings. The van der Waals surface area contributed by atoms with Crippen LogP contribution in [0, 0.1) is 5.82 Å². The van der Waals surface area contributed by atoms with Gasteiger partial charge in [0.1, 0.15) is 17.7 Å². The lowest BCUT2D eigenvalue weighted by Gasteiger charge is -2.33. The number of halogens is 1. The third-order valence-electron chi connectivity index (χ3n) is 4.40. The van der Waals surface area contributed by atoms with E-state index < -0.39 is 0 Å². The summed E-state index contributed by atoms with van der Waals surface area (Å²) in [6.07, 6.45) is 7.35. The smallest absolute Gasteiger partial charge is 0.224 e. The van der Waals surface area contributed by atoms with Crippen molar-refractivity contribution in [3.63, 3.8) is 0 Å². The molecule has 0 unspecified atom stereocenters. The largest absolute Gasteiger partial charge is 0.490 e. The van der Waals surface area contributed by atoms with Gasteiger partial charge in [-0.2, -0.15) is 0 Å². The summed E-state index contributed by atoms with van der Waals surface area (Å²) in [6.45, 7) is 3.37. The van der Waals surface area contributed by atoms with Gasteiger partial charge in [-0.1, -0.05) is 6.07 Å². The number of imidazole rings is 1. The zero-order valence-electron chi connectivity index (χ0n) is 13.8. The summed E-state index contributed by atoms with van der Waals surface area (Å²) >= 11 is 0. The van der Waals surface area contributed by atoms with Gasteiger partial charge in [0.25, 0.3) is 0 Å². The molecule has 2 heterocycles. The van der Waals surface area contributed by atoms with Gasteiger partial charge in [0.05, 0.1) is 6.33 Å². The maximum absolute atomic E-state index is 13.2. The molecule has 6 heteroatoms. The first-order valence-electron chi connectivity index (χ1n) is 8.29. The number of rotatable bonds is 5. The standard InChI is InChI=1S/C18H22FN3O2/c1-14(22-10-7-20-13-22)11-18(23)21-8-5-16(6-9-21)24-17-4-2-3-15(19)12-17/h2-4,7,10,12-14,16H,5-6,8-9,11H2,1H3/t14-/m0/s1. The minimum Gasteiger partial charge on any atom is -0.490 e. The van der Waals surface area contributed by atoms with Gasteiger partial charge in [0.15, 0.2) is 0 Å². The molecule has 24 heavy (non-hydrogen) atoms. The van der Waals surface area contributed by atoms with Crippen molar-refractivity contribution in [3.05, 3.63) is 48.8 Å². The summed E-state index contributed by atoms with van der Waals surface area (Å²) in [4.78, 5) is 18.3. The molecule has 5 nitrogen and oxygen atoms in total. The van der Waals surface area contributed by atoms with Crippen molar-refractivity contribution in [3.8, 4) is 5.75 Å².